The lowest BCUT2D eigenvalue weighted by atomic mass is 10.1. The lowest BCUT2D eigenvalue weighted by Gasteiger charge is -2.13. The quantitative estimate of drug-likeness (QED) is 0.502. The van der Waals surface area contributed by atoms with Gasteiger partial charge in [-0.3, -0.25) is 10.3 Å². The number of carbonyl (C=O) groups excluding carboxylic acids is 1. The molecule has 0 spiro atoms. The number of alkyl halides is 3. The molecule has 0 aliphatic rings. The van der Waals surface area contributed by atoms with Gasteiger partial charge in [0.05, 0.1) is 12.7 Å². The average Bonchev–Trinajstić information content (AvgIpc) is 2.71. The Labute approximate surface area is 167 Å². The van der Waals surface area contributed by atoms with E-state index in [1.54, 1.807) is 19.2 Å². The maximum absolute atomic E-state index is 12.6. The number of amides is 1. The Bertz CT molecular complexity index is 819. The minimum atomic E-state index is -4.32. The van der Waals surface area contributed by atoms with Crippen LogP contribution in [0.3, 0.4) is 0 Å². The maximum atomic E-state index is 12.6. The number of hydrogen-bond acceptors (Lipinski definition) is 3. The van der Waals surface area contributed by atoms with Crippen LogP contribution in [-0.2, 0) is 23.9 Å². The Balaban J connectivity index is 1.77. The fourth-order valence-corrected chi connectivity index (χ4v) is 2.47. The summed E-state index contributed by atoms with van der Waals surface area (Å²) < 4.78 is 42.3. The van der Waals surface area contributed by atoms with Crippen molar-refractivity contribution >= 4 is 17.7 Å². The summed E-state index contributed by atoms with van der Waals surface area (Å²) in [6.07, 6.45) is -4.29. The van der Waals surface area contributed by atoms with Crippen LogP contribution >= 0.6 is 0 Å². The van der Waals surface area contributed by atoms with Crippen LogP contribution < -0.4 is 16.0 Å². The van der Waals surface area contributed by atoms with Gasteiger partial charge in [0, 0.05) is 25.8 Å². The Hall–Kier alpha value is -3.23. The van der Waals surface area contributed by atoms with Crippen LogP contribution in [0.4, 0.5) is 23.7 Å². The highest BCUT2D eigenvalue weighted by Crippen LogP contribution is 2.29. The second-order valence-corrected chi connectivity index (χ2v) is 6.11. The van der Waals surface area contributed by atoms with Gasteiger partial charge < -0.3 is 15.4 Å². The number of aliphatic imine (C=N–C) groups is 1. The molecule has 0 atom stereocenters. The third-order valence-corrected chi connectivity index (χ3v) is 4.06. The van der Waals surface area contributed by atoms with Crippen LogP contribution in [-0.4, -0.2) is 32.8 Å². The molecular weight excluding hydrogens is 385 g/mol. The molecule has 0 aromatic heterocycles. The van der Waals surface area contributed by atoms with Crippen LogP contribution in [0.2, 0.25) is 0 Å². The number of nitrogens with one attached hydrogen (secondary N) is 3. The van der Waals surface area contributed by atoms with E-state index in [9.17, 15) is 18.0 Å². The Morgan fingerprint density at radius 1 is 1.00 bits per heavy atom. The molecule has 0 aliphatic carbocycles. The summed E-state index contributed by atoms with van der Waals surface area (Å²) in [6.45, 7) is 1.03. The number of anilines is 1. The van der Waals surface area contributed by atoms with Crippen molar-refractivity contribution in [2.45, 2.75) is 19.1 Å². The van der Waals surface area contributed by atoms with Crippen LogP contribution in [0.15, 0.2) is 53.5 Å². The van der Waals surface area contributed by atoms with Gasteiger partial charge in [0.25, 0.3) is 0 Å². The number of halogens is 3. The Morgan fingerprint density at radius 3 is 2.17 bits per heavy atom. The number of ether oxygens (including phenoxy) is 1. The predicted octanol–water partition coefficient (Wildman–Crippen LogP) is 3.79. The Morgan fingerprint density at radius 2 is 1.62 bits per heavy atom. The molecule has 0 aliphatic heterocycles. The molecule has 0 saturated heterocycles. The van der Waals surface area contributed by atoms with Crippen molar-refractivity contribution < 1.29 is 22.7 Å². The van der Waals surface area contributed by atoms with Gasteiger partial charge in [0.15, 0.2) is 5.96 Å². The van der Waals surface area contributed by atoms with Crippen molar-refractivity contribution in [1.82, 2.24) is 10.6 Å². The Kier molecular flexibility index (Phi) is 7.88. The van der Waals surface area contributed by atoms with E-state index in [1.807, 2.05) is 12.1 Å². The first-order valence-corrected chi connectivity index (χ1v) is 8.86. The number of hydrogen-bond donors (Lipinski definition) is 3. The third-order valence-electron chi connectivity index (χ3n) is 4.06. The van der Waals surface area contributed by atoms with E-state index < -0.39 is 17.8 Å². The zero-order chi connectivity index (χ0) is 21.3. The second kappa shape index (κ2) is 10.4. The van der Waals surface area contributed by atoms with Gasteiger partial charge in [0.1, 0.15) is 0 Å². The molecule has 0 saturated carbocycles. The van der Waals surface area contributed by atoms with E-state index in [4.69, 9.17) is 0 Å². The molecular formula is C20H23F3N4O2. The van der Waals surface area contributed by atoms with Crippen molar-refractivity contribution in [2.24, 2.45) is 4.99 Å². The monoisotopic (exact) mass is 408 g/mol. The molecule has 0 bridgehead atoms. The molecule has 0 fully saturated rings. The molecule has 0 heterocycles. The number of methoxy groups -OCH3 is 1. The van der Waals surface area contributed by atoms with Crippen LogP contribution in [0, 0.1) is 0 Å². The molecule has 1 amide bonds. The van der Waals surface area contributed by atoms with Crippen LogP contribution in [0.5, 0.6) is 0 Å². The van der Waals surface area contributed by atoms with Crippen molar-refractivity contribution in [1.29, 1.82) is 0 Å². The van der Waals surface area contributed by atoms with Gasteiger partial charge in [0.2, 0.25) is 0 Å². The first-order chi connectivity index (χ1) is 13.8. The van der Waals surface area contributed by atoms with E-state index in [-0.39, 0.29) is 0 Å². The molecule has 0 radical (unpaired) electrons. The molecule has 2 aromatic carbocycles. The third kappa shape index (κ3) is 7.36. The van der Waals surface area contributed by atoms with Crippen molar-refractivity contribution in [2.75, 3.05) is 26.0 Å². The van der Waals surface area contributed by atoms with Gasteiger partial charge >= 0.3 is 12.3 Å². The number of nitrogens with zero attached hydrogens (tertiary/aromatic N) is 1. The predicted molar refractivity (Wildman–Crippen MR) is 106 cm³/mol. The fraction of sp³-hybridized carbons (Fsp3) is 0.300. The second-order valence-electron chi connectivity index (χ2n) is 6.11. The number of guanidine groups is 1. The largest absolute Gasteiger partial charge is 0.453 e. The van der Waals surface area contributed by atoms with Crippen molar-refractivity contribution in [3.63, 3.8) is 0 Å². The molecule has 9 heteroatoms. The lowest BCUT2D eigenvalue weighted by Crippen LogP contribution is -2.37. The summed E-state index contributed by atoms with van der Waals surface area (Å²) in [5.41, 5.74) is 1.75. The highest BCUT2D eigenvalue weighted by atomic mass is 19.4. The highest BCUT2D eigenvalue weighted by molar-refractivity contribution is 5.84. The van der Waals surface area contributed by atoms with Crippen molar-refractivity contribution in [3.8, 4) is 0 Å². The molecule has 0 unspecified atom stereocenters. The summed E-state index contributed by atoms with van der Waals surface area (Å²) >= 11 is 0. The lowest BCUT2D eigenvalue weighted by molar-refractivity contribution is -0.137. The minimum Gasteiger partial charge on any atom is -0.453 e. The summed E-state index contributed by atoms with van der Waals surface area (Å²) in [6, 6.07) is 12.3. The minimum absolute atomic E-state index is 0.512. The van der Waals surface area contributed by atoms with E-state index >= 15 is 0 Å². The van der Waals surface area contributed by atoms with Crippen molar-refractivity contribution in [3.05, 3.63) is 65.2 Å². The van der Waals surface area contributed by atoms with Crippen LogP contribution in [0.25, 0.3) is 0 Å². The van der Waals surface area contributed by atoms with Gasteiger partial charge in [-0.15, -0.1) is 0 Å². The van der Waals surface area contributed by atoms with Gasteiger partial charge in [-0.1, -0.05) is 24.3 Å². The van der Waals surface area contributed by atoms with E-state index in [0.717, 1.165) is 23.3 Å². The first-order valence-electron chi connectivity index (χ1n) is 8.86. The standard InChI is InChI=1S/C20H23F3N4O2/c1-24-18(25-12-11-14-3-7-16(8-4-14)20(21,22)23)26-13-15-5-9-17(10-6-15)27-19(28)29-2/h3-10H,11-13H2,1-2H3,(H,27,28)(H2,24,25,26). The first kappa shape index (κ1) is 22.1. The maximum Gasteiger partial charge on any atom is 0.416 e. The normalized spacial score (nSPS) is 11.7. The highest BCUT2D eigenvalue weighted by Gasteiger charge is 2.29. The number of carbonyl (C=O) groups is 1. The molecule has 29 heavy (non-hydrogen) atoms. The molecule has 2 aromatic rings. The van der Waals surface area contributed by atoms with E-state index in [0.29, 0.717) is 31.2 Å². The number of rotatable bonds is 6. The molecule has 156 valence electrons. The van der Waals surface area contributed by atoms with E-state index in [2.05, 4.69) is 25.7 Å². The molecule has 3 N–H and O–H groups in total. The fourth-order valence-electron chi connectivity index (χ4n) is 2.47. The molecule has 6 nitrogen and oxygen atoms in total. The topological polar surface area (TPSA) is 74.8 Å². The van der Waals surface area contributed by atoms with E-state index in [1.165, 1.54) is 19.2 Å². The average molecular weight is 408 g/mol. The molecule has 2 rings (SSSR count). The number of benzene rings is 2. The summed E-state index contributed by atoms with van der Waals surface area (Å²) in [5.74, 6) is 0.577. The summed E-state index contributed by atoms with van der Waals surface area (Å²) in [4.78, 5) is 15.3. The summed E-state index contributed by atoms with van der Waals surface area (Å²) in [7, 11) is 2.93. The smallest absolute Gasteiger partial charge is 0.416 e. The van der Waals surface area contributed by atoms with Crippen LogP contribution in [0.1, 0.15) is 16.7 Å². The van der Waals surface area contributed by atoms with Gasteiger partial charge in [-0.2, -0.15) is 13.2 Å². The van der Waals surface area contributed by atoms with Gasteiger partial charge in [-0.25, -0.2) is 4.79 Å². The summed E-state index contributed by atoms with van der Waals surface area (Å²) in [5, 5.41) is 8.84. The zero-order valence-corrected chi connectivity index (χ0v) is 16.1. The zero-order valence-electron chi connectivity index (χ0n) is 16.1. The van der Waals surface area contributed by atoms with Gasteiger partial charge in [-0.05, 0) is 41.8 Å². The SMILES string of the molecule is CN=C(NCCc1ccc(C(F)(F)F)cc1)NCc1ccc(NC(=O)OC)cc1.